The molecule has 0 atom stereocenters. The number of hydrogen-bond acceptors (Lipinski definition) is 4. The van der Waals surface area contributed by atoms with Gasteiger partial charge in [-0.1, -0.05) is 45.3 Å². The monoisotopic (exact) mass is 314 g/mol. The van der Waals surface area contributed by atoms with Gasteiger partial charge in [-0.3, -0.25) is 4.79 Å². The molecular formula is C6H3IOS3. The Morgan fingerprint density at radius 3 is 3.00 bits per heavy atom. The molecule has 0 spiro atoms. The normalized spacial score (nSPS) is 11.0. The van der Waals surface area contributed by atoms with Crippen molar-refractivity contribution in [3.8, 4) is 0 Å². The highest BCUT2D eigenvalue weighted by Gasteiger charge is 2.06. The molecule has 0 saturated heterocycles. The summed E-state index contributed by atoms with van der Waals surface area (Å²) in [5.74, 6) is 0. The van der Waals surface area contributed by atoms with Crippen LogP contribution in [0.25, 0.3) is 9.40 Å². The molecule has 0 aromatic carbocycles. The third-order valence-corrected chi connectivity index (χ3v) is 6.01. The van der Waals surface area contributed by atoms with Crippen LogP contribution in [0.4, 0.5) is 0 Å². The molecule has 11 heavy (non-hydrogen) atoms. The van der Waals surface area contributed by atoms with Crippen LogP contribution in [0.1, 0.15) is 4.88 Å². The largest absolute Gasteiger partial charge is 0.288 e. The van der Waals surface area contributed by atoms with E-state index < -0.39 is 0 Å². The molecule has 0 fully saturated rings. The zero-order valence-electron chi connectivity index (χ0n) is 5.30. The van der Waals surface area contributed by atoms with Crippen LogP contribution >= 0.6 is 56.6 Å². The first-order valence-corrected chi connectivity index (χ1v) is 6.91. The number of halogens is 1. The Kier molecular flexibility index (Phi) is 2.31. The molecule has 5 heteroatoms. The van der Waals surface area contributed by atoms with Gasteiger partial charge >= 0.3 is 0 Å². The number of fused-ring (bicyclic) bond motifs is 1. The summed E-state index contributed by atoms with van der Waals surface area (Å²) < 4.78 is 3.60. The van der Waals surface area contributed by atoms with Crippen molar-refractivity contribution in [3.63, 3.8) is 0 Å². The highest BCUT2D eigenvalue weighted by atomic mass is 127. The number of rotatable bonds is 1. The van der Waals surface area contributed by atoms with Gasteiger partial charge in [-0.2, -0.15) is 0 Å². The fraction of sp³-hybridized carbons (Fsp3) is 0.167. The van der Waals surface area contributed by atoms with E-state index in [4.69, 9.17) is 0 Å². The van der Waals surface area contributed by atoms with Crippen LogP contribution in [0.15, 0.2) is 10.2 Å². The van der Waals surface area contributed by atoms with Crippen LogP contribution < -0.4 is 4.06 Å². The van der Waals surface area contributed by atoms with Crippen LogP contribution in [0.2, 0.25) is 0 Å². The van der Waals surface area contributed by atoms with Gasteiger partial charge in [0.1, 0.15) is 0 Å². The lowest BCUT2D eigenvalue weighted by atomic mass is 10.5. The van der Waals surface area contributed by atoms with Crippen LogP contribution in [0.3, 0.4) is 0 Å². The molecule has 0 radical (unpaired) electrons. The molecule has 0 bridgehead atoms. The van der Waals surface area contributed by atoms with Crippen molar-refractivity contribution in [2.45, 2.75) is 4.43 Å². The molecule has 58 valence electrons. The van der Waals surface area contributed by atoms with Crippen molar-refractivity contribution >= 4 is 66.0 Å². The number of hydrogen-bond donors (Lipinski definition) is 0. The van der Waals surface area contributed by atoms with E-state index in [1.807, 2.05) is 0 Å². The van der Waals surface area contributed by atoms with Crippen LogP contribution in [0, 0.1) is 0 Å². The average molecular weight is 314 g/mol. The molecule has 0 amide bonds. The minimum Gasteiger partial charge on any atom is -0.265 e. The fourth-order valence-electron chi connectivity index (χ4n) is 0.833. The van der Waals surface area contributed by atoms with E-state index in [0.29, 0.717) is 0 Å². The zero-order chi connectivity index (χ0) is 7.84. The van der Waals surface area contributed by atoms with Gasteiger partial charge in [0, 0.05) is 14.7 Å². The maximum Gasteiger partial charge on any atom is 0.288 e. The second-order valence-corrected chi connectivity index (χ2v) is 5.92. The minimum atomic E-state index is 0.217. The van der Waals surface area contributed by atoms with Crippen LogP contribution in [0.5, 0.6) is 0 Å². The average Bonchev–Trinajstić information content (AvgIpc) is 2.45. The van der Waals surface area contributed by atoms with Crippen molar-refractivity contribution in [2.75, 3.05) is 0 Å². The highest BCUT2D eigenvalue weighted by Crippen LogP contribution is 2.32. The number of alkyl halides is 1. The quantitative estimate of drug-likeness (QED) is 0.583. The highest BCUT2D eigenvalue weighted by molar-refractivity contribution is 14.1. The van der Waals surface area contributed by atoms with Crippen molar-refractivity contribution in [2.24, 2.45) is 0 Å². The van der Waals surface area contributed by atoms with Crippen molar-refractivity contribution in [3.05, 3.63) is 19.1 Å². The second kappa shape index (κ2) is 3.12. The lowest BCUT2D eigenvalue weighted by Gasteiger charge is -1.81. The van der Waals surface area contributed by atoms with Crippen LogP contribution in [-0.2, 0) is 4.43 Å². The lowest BCUT2D eigenvalue weighted by Crippen LogP contribution is -1.74. The Morgan fingerprint density at radius 1 is 1.45 bits per heavy atom. The minimum absolute atomic E-state index is 0.217. The summed E-state index contributed by atoms with van der Waals surface area (Å²) in [7, 11) is 0. The topological polar surface area (TPSA) is 17.1 Å². The Hall–Kier alpha value is 0.540. The van der Waals surface area contributed by atoms with E-state index in [1.165, 1.54) is 32.3 Å². The molecule has 0 saturated carbocycles. The van der Waals surface area contributed by atoms with Crippen molar-refractivity contribution < 1.29 is 0 Å². The van der Waals surface area contributed by atoms with Gasteiger partial charge < -0.3 is 0 Å². The molecule has 2 aromatic rings. The first kappa shape index (κ1) is 8.15. The van der Waals surface area contributed by atoms with E-state index in [2.05, 4.69) is 28.0 Å². The summed E-state index contributed by atoms with van der Waals surface area (Å²) in [4.78, 5) is 12.3. The smallest absolute Gasteiger partial charge is 0.265 e. The molecular weight excluding hydrogens is 311 g/mol. The summed E-state index contributed by atoms with van der Waals surface area (Å²) in [6.07, 6.45) is 0. The summed E-state index contributed by atoms with van der Waals surface area (Å²) in [6.45, 7) is 0. The van der Waals surface area contributed by atoms with Gasteiger partial charge in [0.05, 0.1) is 9.40 Å². The fourth-order valence-corrected chi connectivity index (χ4v) is 5.25. The molecule has 1 nitrogen and oxygen atoms in total. The first-order valence-electron chi connectivity index (χ1n) is 2.87. The maximum atomic E-state index is 11.0. The van der Waals surface area contributed by atoms with E-state index in [0.717, 1.165) is 9.13 Å². The van der Waals surface area contributed by atoms with Crippen molar-refractivity contribution in [1.82, 2.24) is 0 Å². The zero-order valence-corrected chi connectivity index (χ0v) is 9.90. The number of thiophene rings is 1. The summed E-state index contributed by atoms with van der Waals surface area (Å²) in [5.41, 5.74) is 0. The van der Waals surface area contributed by atoms with E-state index in [1.54, 1.807) is 11.3 Å². The first-order chi connectivity index (χ1) is 5.31. The van der Waals surface area contributed by atoms with Gasteiger partial charge in [0.15, 0.2) is 0 Å². The van der Waals surface area contributed by atoms with Gasteiger partial charge in [-0.15, -0.1) is 11.3 Å². The van der Waals surface area contributed by atoms with Crippen LogP contribution in [-0.4, -0.2) is 0 Å². The SMILES string of the molecule is O=c1sc2csc(CI)c2s1. The molecule has 0 aliphatic rings. The van der Waals surface area contributed by atoms with Gasteiger partial charge in [-0.25, -0.2) is 0 Å². The van der Waals surface area contributed by atoms with Crippen molar-refractivity contribution in [1.29, 1.82) is 0 Å². The predicted octanol–water partition coefficient (Wildman–Crippen LogP) is 3.32. The Labute approximate surface area is 88.8 Å². The molecule has 2 heterocycles. The molecule has 2 aromatic heterocycles. The maximum absolute atomic E-state index is 11.0. The third-order valence-electron chi connectivity index (χ3n) is 1.29. The Morgan fingerprint density at radius 2 is 2.27 bits per heavy atom. The summed E-state index contributed by atoms with van der Waals surface area (Å²) in [5, 5.41) is 2.08. The molecule has 0 N–H and O–H groups in total. The molecule has 0 aliphatic heterocycles. The Bertz CT molecular complexity index is 424. The standard InChI is InChI=1S/C6H3IOS3/c7-1-3-5-4(2-9-3)10-6(8)11-5/h2H,1H2. The summed E-state index contributed by atoms with van der Waals surface area (Å²) in [6, 6.07) is 0. The van der Waals surface area contributed by atoms with Gasteiger partial charge in [0.25, 0.3) is 4.06 Å². The molecule has 0 aliphatic carbocycles. The predicted molar refractivity (Wildman–Crippen MR) is 61.6 cm³/mol. The van der Waals surface area contributed by atoms with Gasteiger partial charge in [0.2, 0.25) is 0 Å². The molecule has 0 unspecified atom stereocenters. The Balaban J connectivity index is 2.83. The molecule has 2 rings (SSSR count). The van der Waals surface area contributed by atoms with E-state index in [-0.39, 0.29) is 4.06 Å². The lowest BCUT2D eigenvalue weighted by molar-refractivity contribution is 1.69. The second-order valence-electron chi connectivity index (χ2n) is 1.94. The summed E-state index contributed by atoms with van der Waals surface area (Å²) >= 11 is 6.82. The third kappa shape index (κ3) is 1.39. The van der Waals surface area contributed by atoms with E-state index in [9.17, 15) is 4.79 Å². The van der Waals surface area contributed by atoms with E-state index >= 15 is 0 Å². The van der Waals surface area contributed by atoms with Gasteiger partial charge in [-0.05, 0) is 0 Å².